The van der Waals surface area contributed by atoms with Crippen LogP contribution in [0.3, 0.4) is 0 Å². The highest BCUT2D eigenvalue weighted by atomic mass is 19.4. The van der Waals surface area contributed by atoms with E-state index in [-0.39, 0.29) is 5.56 Å². The number of rotatable bonds is 3. The highest BCUT2D eigenvalue weighted by Gasteiger charge is 2.42. The second-order valence-corrected chi connectivity index (χ2v) is 4.34. The standard InChI is InChI=1S/C15H11F4NO/c16-12-9-5-4-8-11(12)14(21)20-13(15(17,18)19)10-6-2-1-3-7-10/h1-9,13H,(H,20,21)/t13-/m0/s1. The van der Waals surface area contributed by atoms with Gasteiger partial charge >= 0.3 is 6.18 Å². The second-order valence-electron chi connectivity index (χ2n) is 4.34. The molecule has 0 saturated carbocycles. The lowest BCUT2D eigenvalue weighted by atomic mass is 10.1. The summed E-state index contributed by atoms with van der Waals surface area (Å²) in [4.78, 5) is 11.8. The summed E-state index contributed by atoms with van der Waals surface area (Å²) >= 11 is 0. The molecule has 2 nitrogen and oxygen atoms in total. The molecule has 2 aromatic rings. The molecule has 1 atom stereocenters. The minimum absolute atomic E-state index is 0.116. The largest absolute Gasteiger partial charge is 0.412 e. The number of nitrogens with one attached hydrogen (secondary N) is 1. The van der Waals surface area contributed by atoms with Gasteiger partial charge < -0.3 is 5.32 Å². The van der Waals surface area contributed by atoms with Crippen molar-refractivity contribution < 1.29 is 22.4 Å². The van der Waals surface area contributed by atoms with Gasteiger partial charge in [0.15, 0.2) is 6.04 Å². The van der Waals surface area contributed by atoms with Gasteiger partial charge in [-0.2, -0.15) is 13.2 Å². The van der Waals surface area contributed by atoms with E-state index in [0.29, 0.717) is 0 Å². The van der Waals surface area contributed by atoms with Gasteiger partial charge in [-0.1, -0.05) is 42.5 Å². The van der Waals surface area contributed by atoms with Crippen LogP contribution < -0.4 is 5.32 Å². The smallest absolute Gasteiger partial charge is 0.337 e. The molecule has 0 spiro atoms. The van der Waals surface area contributed by atoms with Crippen LogP contribution in [0.25, 0.3) is 0 Å². The van der Waals surface area contributed by atoms with Crippen molar-refractivity contribution in [3.05, 3.63) is 71.5 Å². The van der Waals surface area contributed by atoms with Gasteiger partial charge in [-0.3, -0.25) is 4.79 Å². The molecule has 0 bridgehead atoms. The zero-order valence-electron chi connectivity index (χ0n) is 10.7. The van der Waals surface area contributed by atoms with Crippen LogP contribution in [0.15, 0.2) is 54.6 Å². The van der Waals surface area contributed by atoms with Crippen LogP contribution >= 0.6 is 0 Å². The van der Waals surface area contributed by atoms with Gasteiger partial charge in [0, 0.05) is 0 Å². The van der Waals surface area contributed by atoms with Crippen molar-refractivity contribution in [3.8, 4) is 0 Å². The number of carbonyl (C=O) groups excluding carboxylic acids is 1. The van der Waals surface area contributed by atoms with Crippen molar-refractivity contribution in [3.63, 3.8) is 0 Å². The van der Waals surface area contributed by atoms with E-state index < -0.39 is 29.5 Å². The van der Waals surface area contributed by atoms with E-state index in [9.17, 15) is 22.4 Å². The van der Waals surface area contributed by atoms with Gasteiger partial charge in [-0.15, -0.1) is 0 Å². The van der Waals surface area contributed by atoms with Crippen LogP contribution in [0.5, 0.6) is 0 Å². The number of amides is 1. The fourth-order valence-corrected chi connectivity index (χ4v) is 1.85. The lowest BCUT2D eigenvalue weighted by Crippen LogP contribution is -2.38. The molecule has 0 radical (unpaired) electrons. The number of hydrogen-bond donors (Lipinski definition) is 1. The second kappa shape index (κ2) is 5.95. The number of benzene rings is 2. The van der Waals surface area contributed by atoms with E-state index in [1.807, 2.05) is 5.32 Å². The molecule has 2 aromatic carbocycles. The highest BCUT2D eigenvalue weighted by Crippen LogP contribution is 2.32. The van der Waals surface area contributed by atoms with Gasteiger partial charge in [-0.05, 0) is 17.7 Å². The van der Waals surface area contributed by atoms with E-state index in [1.54, 1.807) is 6.07 Å². The quantitative estimate of drug-likeness (QED) is 0.856. The molecule has 0 aliphatic rings. The fraction of sp³-hybridized carbons (Fsp3) is 0.133. The van der Waals surface area contributed by atoms with Crippen molar-refractivity contribution in [1.29, 1.82) is 0 Å². The Bertz CT molecular complexity index is 625. The van der Waals surface area contributed by atoms with E-state index >= 15 is 0 Å². The Labute approximate surface area is 118 Å². The molecule has 21 heavy (non-hydrogen) atoms. The number of hydrogen-bond acceptors (Lipinski definition) is 1. The number of halogens is 4. The first kappa shape index (κ1) is 15.0. The van der Waals surface area contributed by atoms with Crippen LogP contribution in [0.2, 0.25) is 0 Å². The Morgan fingerprint density at radius 1 is 0.952 bits per heavy atom. The summed E-state index contributed by atoms with van der Waals surface area (Å²) in [5.74, 6) is -1.98. The summed E-state index contributed by atoms with van der Waals surface area (Å²) in [6, 6.07) is 9.62. The van der Waals surface area contributed by atoms with Crippen LogP contribution in [-0.2, 0) is 0 Å². The van der Waals surface area contributed by atoms with Gasteiger partial charge in [0.2, 0.25) is 0 Å². The Balaban J connectivity index is 2.29. The topological polar surface area (TPSA) is 29.1 Å². The minimum atomic E-state index is -4.68. The molecule has 0 unspecified atom stereocenters. The summed E-state index contributed by atoms with van der Waals surface area (Å²) in [6.45, 7) is 0. The van der Waals surface area contributed by atoms with Gasteiger partial charge in [-0.25, -0.2) is 4.39 Å². The van der Waals surface area contributed by atoms with E-state index in [2.05, 4.69) is 0 Å². The molecule has 1 amide bonds. The SMILES string of the molecule is O=C(N[C@@H](c1ccccc1)C(F)(F)F)c1ccccc1F. The average Bonchev–Trinajstić information content (AvgIpc) is 2.44. The summed E-state index contributed by atoms with van der Waals surface area (Å²) in [5, 5.41) is 1.83. The van der Waals surface area contributed by atoms with E-state index in [1.165, 1.54) is 36.4 Å². The molecule has 0 heterocycles. The van der Waals surface area contributed by atoms with Crippen molar-refractivity contribution >= 4 is 5.91 Å². The van der Waals surface area contributed by atoms with Crippen molar-refractivity contribution in [2.24, 2.45) is 0 Å². The monoisotopic (exact) mass is 297 g/mol. The van der Waals surface area contributed by atoms with Crippen molar-refractivity contribution in [2.75, 3.05) is 0 Å². The van der Waals surface area contributed by atoms with Gasteiger partial charge in [0.1, 0.15) is 5.82 Å². The predicted molar refractivity (Wildman–Crippen MR) is 69.1 cm³/mol. The summed E-state index contributed by atoms with van der Waals surface area (Å²) in [5.41, 5.74) is -0.544. The Morgan fingerprint density at radius 3 is 2.10 bits per heavy atom. The maximum absolute atomic E-state index is 13.4. The van der Waals surface area contributed by atoms with Crippen LogP contribution in [0.1, 0.15) is 22.0 Å². The maximum atomic E-state index is 13.4. The van der Waals surface area contributed by atoms with Crippen molar-refractivity contribution in [2.45, 2.75) is 12.2 Å². The molecule has 0 aliphatic carbocycles. The number of alkyl halides is 3. The lowest BCUT2D eigenvalue weighted by molar-refractivity contribution is -0.155. The zero-order valence-corrected chi connectivity index (χ0v) is 10.7. The zero-order chi connectivity index (χ0) is 15.5. The first-order chi connectivity index (χ1) is 9.89. The number of carbonyl (C=O) groups is 1. The maximum Gasteiger partial charge on any atom is 0.412 e. The molecule has 1 N–H and O–H groups in total. The highest BCUT2D eigenvalue weighted by molar-refractivity contribution is 5.94. The van der Waals surface area contributed by atoms with Crippen molar-refractivity contribution in [1.82, 2.24) is 5.32 Å². The van der Waals surface area contributed by atoms with Gasteiger partial charge in [0.25, 0.3) is 5.91 Å². The molecule has 6 heteroatoms. The van der Waals surface area contributed by atoms with Crippen LogP contribution in [-0.4, -0.2) is 12.1 Å². The van der Waals surface area contributed by atoms with Gasteiger partial charge in [0.05, 0.1) is 5.56 Å². The minimum Gasteiger partial charge on any atom is -0.337 e. The molecule has 0 aromatic heterocycles. The summed E-state index contributed by atoms with van der Waals surface area (Å²) < 4.78 is 52.7. The molecule has 0 fully saturated rings. The Hall–Kier alpha value is -2.37. The lowest BCUT2D eigenvalue weighted by Gasteiger charge is -2.22. The van der Waals surface area contributed by atoms with E-state index in [0.717, 1.165) is 12.1 Å². The summed E-state index contributed by atoms with van der Waals surface area (Å²) in [6.07, 6.45) is -4.68. The normalized spacial score (nSPS) is 12.8. The average molecular weight is 297 g/mol. The Kier molecular flexibility index (Phi) is 4.26. The first-order valence-corrected chi connectivity index (χ1v) is 6.06. The third-order valence-electron chi connectivity index (χ3n) is 2.85. The summed E-state index contributed by atoms with van der Waals surface area (Å²) in [7, 11) is 0. The first-order valence-electron chi connectivity index (χ1n) is 6.06. The molecule has 0 aliphatic heterocycles. The molecule has 110 valence electrons. The molecular formula is C15H11F4NO. The third-order valence-corrected chi connectivity index (χ3v) is 2.85. The molecule has 0 saturated heterocycles. The predicted octanol–water partition coefficient (Wildman–Crippen LogP) is 3.86. The Morgan fingerprint density at radius 2 is 1.52 bits per heavy atom. The fourth-order valence-electron chi connectivity index (χ4n) is 1.85. The van der Waals surface area contributed by atoms with Crippen LogP contribution in [0, 0.1) is 5.82 Å². The third kappa shape index (κ3) is 3.59. The molecule has 2 rings (SSSR count). The van der Waals surface area contributed by atoms with E-state index in [4.69, 9.17) is 0 Å². The molecular weight excluding hydrogens is 286 g/mol. The van der Waals surface area contributed by atoms with Crippen LogP contribution in [0.4, 0.5) is 17.6 Å².